The minimum absolute atomic E-state index is 0.614. The molecule has 0 radical (unpaired) electrons. The van der Waals surface area contributed by atoms with Gasteiger partial charge in [0.25, 0.3) is 0 Å². The van der Waals surface area contributed by atoms with Gasteiger partial charge in [-0.3, -0.25) is 0 Å². The molecule has 5 aromatic rings. The van der Waals surface area contributed by atoms with Gasteiger partial charge in [0.05, 0.1) is 0 Å². The summed E-state index contributed by atoms with van der Waals surface area (Å²) in [5.74, 6) is -71.4. The SMILES string of the molecule is Cc1ccc([N+]#N)cc1C.Fc1c(F)c(F)c([B-](c2c(F)c(F)c(F)c(F)c2F)(c2c(F)c(F)c(F)c(F)c2F)c2c(F)c(F)c(F)c(F)c2F)c(F)c1F. The lowest BCUT2D eigenvalue weighted by atomic mass is 9.12. The topological polar surface area (TPSA) is 28.1 Å². The first-order valence-corrected chi connectivity index (χ1v) is 14.1. The van der Waals surface area contributed by atoms with E-state index >= 15 is 35.1 Å². The first-order chi connectivity index (χ1) is 25.4. The number of rotatable bonds is 4. The van der Waals surface area contributed by atoms with Gasteiger partial charge in [0.15, 0.2) is 74.8 Å². The Morgan fingerprint density at radius 1 is 0.327 bits per heavy atom. The number of hydrogen-bond donors (Lipinski definition) is 0. The highest BCUT2D eigenvalue weighted by Gasteiger charge is 2.52. The van der Waals surface area contributed by atoms with E-state index in [1.807, 2.05) is 26.0 Å². The Balaban J connectivity index is 0.000000583. The molecule has 0 spiro atoms. The van der Waals surface area contributed by atoms with Crippen molar-refractivity contribution in [3.8, 4) is 0 Å². The fourth-order valence-corrected chi connectivity index (χ4v) is 5.66. The first kappa shape index (κ1) is 41.9. The summed E-state index contributed by atoms with van der Waals surface area (Å²) in [5.41, 5.74) is -11.4. The van der Waals surface area contributed by atoms with Crippen LogP contribution in [-0.4, -0.2) is 6.15 Å². The van der Waals surface area contributed by atoms with Crippen LogP contribution in [-0.2, 0) is 0 Å². The average Bonchev–Trinajstić information content (AvgIpc) is 3.16. The minimum atomic E-state index is -7.22. The van der Waals surface area contributed by atoms with Crippen LogP contribution >= 0.6 is 0 Å². The second-order valence-electron chi connectivity index (χ2n) is 11.2. The van der Waals surface area contributed by atoms with Gasteiger partial charge in [0.2, 0.25) is 5.39 Å². The van der Waals surface area contributed by atoms with E-state index in [0.717, 1.165) is 5.56 Å². The van der Waals surface area contributed by atoms with Crippen molar-refractivity contribution in [3.05, 3.63) is 151 Å². The highest BCUT2D eigenvalue weighted by molar-refractivity contribution is 7.20. The maximum absolute atomic E-state index is 15.4. The number of nitrogens with zero attached hydrogens (tertiary/aromatic N) is 2. The summed E-state index contributed by atoms with van der Waals surface area (Å²) < 4.78 is 294. The normalized spacial score (nSPS) is 11.4. The van der Waals surface area contributed by atoms with E-state index in [-0.39, 0.29) is 0 Å². The number of halogens is 20. The number of aryl methyl sites for hydroxylation is 2. The third kappa shape index (κ3) is 6.16. The van der Waals surface area contributed by atoms with Crippen molar-refractivity contribution in [1.82, 2.24) is 0 Å². The second kappa shape index (κ2) is 14.8. The lowest BCUT2D eigenvalue weighted by molar-refractivity contribution is 0.378. The predicted octanol–water partition coefficient (Wildman–Crippen LogP) is 8.63. The smallest absolute Gasteiger partial charge is 0.207 e. The molecule has 2 nitrogen and oxygen atoms in total. The van der Waals surface area contributed by atoms with Gasteiger partial charge in [0, 0.05) is 12.1 Å². The molecule has 0 saturated carbocycles. The van der Waals surface area contributed by atoms with Crippen LogP contribution in [0.5, 0.6) is 0 Å². The van der Waals surface area contributed by atoms with Crippen LogP contribution in [0.25, 0.3) is 4.98 Å². The molecule has 290 valence electrons. The highest BCUT2D eigenvalue weighted by Crippen LogP contribution is 2.30. The maximum Gasteiger partial charge on any atom is 0.385 e. The number of hydrogen-bond acceptors (Lipinski definition) is 1. The van der Waals surface area contributed by atoms with Gasteiger partial charge in [-0.15, -0.1) is 21.9 Å². The zero-order valence-corrected chi connectivity index (χ0v) is 26.3. The minimum Gasteiger partial charge on any atom is -0.207 e. The molecule has 0 aliphatic heterocycles. The zero-order valence-electron chi connectivity index (χ0n) is 26.3. The molecule has 0 atom stereocenters. The molecular formula is C32H9BF20N2. The lowest BCUT2D eigenvalue weighted by Crippen LogP contribution is -2.81. The van der Waals surface area contributed by atoms with Crippen molar-refractivity contribution >= 4 is 33.7 Å². The molecule has 0 aliphatic carbocycles. The molecule has 0 amide bonds. The molecule has 23 heteroatoms. The largest absolute Gasteiger partial charge is 0.385 e. The van der Waals surface area contributed by atoms with Gasteiger partial charge < -0.3 is 0 Å². The van der Waals surface area contributed by atoms with Crippen LogP contribution in [0.15, 0.2) is 18.2 Å². The average molecular weight is 812 g/mol. The Kier molecular flexibility index (Phi) is 11.3. The summed E-state index contributed by atoms with van der Waals surface area (Å²) >= 11 is 0. The Hall–Kier alpha value is -5.82. The summed E-state index contributed by atoms with van der Waals surface area (Å²) in [5, 5.41) is 8.38. The van der Waals surface area contributed by atoms with E-state index in [1.54, 1.807) is 6.07 Å². The number of benzene rings is 5. The van der Waals surface area contributed by atoms with E-state index in [4.69, 9.17) is 5.39 Å². The fraction of sp³-hybridized carbons (Fsp3) is 0.0625. The van der Waals surface area contributed by atoms with Crippen LogP contribution in [0.4, 0.5) is 93.5 Å². The van der Waals surface area contributed by atoms with E-state index in [2.05, 4.69) is 4.98 Å². The van der Waals surface area contributed by atoms with Crippen LogP contribution in [0, 0.1) is 136 Å². The quantitative estimate of drug-likeness (QED) is 0.0588. The molecule has 0 bridgehead atoms. The molecule has 5 rings (SSSR count). The van der Waals surface area contributed by atoms with Crippen LogP contribution < -0.4 is 21.9 Å². The van der Waals surface area contributed by atoms with Gasteiger partial charge in [-0.05, 0) is 25.0 Å². The first-order valence-electron chi connectivity index (χ1n) is 14.1. The summed E-state index contributed by atoms with van der Waals surface area (Å²) in [6.07, 6.45) is -7.22. The standard InChI is InChI=1S/C24BF20.C8H9N2/c26-5-1(6(27)14(35)21(42)13(5)34)25(2-7(28)15(36)22(43)16(37)8(2)29,3-9(30)17(38)23(44)18(39)10(3)31)4-11(32)19(40)24(45)20(41)12(4)33;1-6-3-4-8(10-9)5-7(6)2/h;3-5H,1-2H3/q-1;+1. The highest BCUT2D eigenvalue weighted by atomic mass is 19.2. The molecule has 0 aliphatic rings. The van der Waals surface area contributed by atoms with Crippen molar-refractivity contribution in [3.63, 3.8) is 0 Å². The zero-order chi connectivity index (χ0) is 41.9. The molecule has 0 saturated heterocycles. The van der Waals surface area contributed by atoms with Crippen molar-refractivity contribution in [2.24, 2.45) is 0 Å². The third-order valence-electron chi connectivity index (χ3n) is 8.31. The fourth-order valence-electron chi connectivity index (χ4n) is 5.66. The Morgan fingerprint density at radius 2 is 0.527 bits per heavy atom. The summed E-state index contributed by atoms with van der Waals surface area (Å²) in [6, 6.07) is 5.56. The molecule has 5 aromatic carbocycles. The van der Waals surface area contributed by atoms with Crippen LogP contribution in [0.1, 0.15) is 11.1 Å². The molecule has 0 unspecified atom stereocenters. The van der Waals surface area contributed by atoms with Crippen LogP contribution in [0.2, 0.25) is 0 Å². The van der Waals surface area contributed by atoms with E-state index < -0.39 is 144 Å². The monoisotopic (exact) mass is 812 g/mol. The molecule has 0 N–H and O–H groups in total. The van der Waals surface area contributed by atoms with Gasteiger partial charge >= 0.3 is 5.69 Å². The summed E-state index contributed by atoms with van der Waals surface area (Å²) in [6.45, 7) is 4.01. The van der Waals surface area contributed by atoms with Gasteiger partial charge in [-0.1, -0.05) is 6.07 Å². The molecular weight excluding hydrogens is 803 g/mol. The Bertz CT molecular complexity index is 2100. The van der Waals surface area contributed by atoms with E-state index in [9.17, 15) is 52.7 Å². The second-order valence-corrected chi connectivity index (χ2v) is 11.2. The molecule has 0 fully saturated rings. The van der Waals surface area contributed by atoms with E-state index in [1.165, 1.54) is 5.56 Å². The van der Waals surface area contributed by atoms with Crippen LogP contribution in [0.3, 0.4) is 0 Å². The van der Waals surface area contributed by atoms with Crippen molar-refractivity contribution in [2.45, 2.75) is 13.8 Å². The lowest BCUT2D eigenvalue weighted by Gasteiger charge is -2.44. The molecule has 0 heterocycles. The van der Waals surface area contributed by atoms with Crippen molar-refractivity contribution in [2.75, 3.05) is 0 Å². The van der Waals surface area contributed by atoms with Crippen molar-refractivity contribution < 1.29 is 87.8 Å². The van der Waals surface area contributed by atoms with Gasteiger partial charge in [0.1, 0.15) is 52.7 Å². The Labute approximate surface area is 291 Å². The maximum atomic E-state index is 15.4. The van der Waals surface area contributed by atoms with Gasteiger partial charge in [-0.25, -0.2) is 87.8 Å². The summed E-state index contributed by atoms with van der Waals surface area (Å²) in [7, 11) is 0. The van der Waals surface area contributed by atoms with E-state index in [0.29, 0.717) is 5.69 Å². The predicted molar refractivity (Wildman–Crippen MR) is 150 cm³/mol. The molecule has 0 aromatic heterocycles. The summed E-state index contributed by atoms with van der Waals surface area (Å²) in [4.78, 5) is 3.07. The molecule has 55 heavy (non-hydrogen) atoms. The third-order valence-corrected chi connectivity index (χ3v) is 8.31. The van der Waals surface area contributed by atoms with Gasteiger partial charge in [-0.2, -0.15) is 0 Å². The van der Waals surface area contributed by atoms with Crippen molar-refractivity contribution in [1.29, 1.82) is 5.39 Å². The Morgan fingerprint density at radius 3 is 0.709 bits per heavy atom. The number of diazo groups is 1.